The maximum Gasteiger partial charge on any atom is 0.0391 e. The summed E-state index contributed by atoms with van der Waals surface area (Å²) in [7, 11) is 4.38. The highest BCUT2D eigenvalue weighted by Gasteiger charge is 2.22. The molecule has 0 aromatic heterocycles. The van der Waals surface area contributed by atoms with Crippen LogP contribution in [0.15, 0.2) is 18.2 Å². The van der Waals surface area contributed by atoms with Gasteiger partial charge in [-0.15, -0.1) is 0 Å². The van der Waals surface area contributed by atoms with Crippen molar-refractivity contribution in [2.24, 2.45) is 0 Å². The van der Waals surface area contributed by atoms with Gasteiger partial charge in [0.25, 0.3) is 0 Å². The molecule has 0 aliphatic heterocycles. The molecule has 1 atom stereocenters. The smallest absolute Gasteiger partial charge is 0.0391 e. The van der Waals surface area contributed by atoms with Gasteiger partial charge in [-0.3, -0.25) is 0 Å². The predicted molar refractivity (Wildman–Crippen MR) is 101 cm³/mol. The highest BCUT2D eigenvalue weighted by Crippen LogP contribution is 2.34. The molecule has 0 amide bonds. The van der Waals surface area contributed by atoms with Crippen LogP contribution in [-0.2, 0) is 0 Å². The van der Waals surface area contributed by atoms with Gasteiger partial charge in [0.1, 0.15) is 0 Å². The zero-order valence-electron chi connectivity index (χ0n) is 16.4. The van der Waals surface area contributed by atoms with E-state index in [1.807, 2.05) is 0 Å². The van der Waals surface area contributed by atoms with E-state index in [4.69, 9.17) is 0 Å². The van der Waals surface area contributed by atoms with E-state index < -0.39 is 0 Å². The summed E-state index contributed by atoms with van der Waals surface area (Å²) in [6, 6.07) is 7.04. The third-order valence-electron chi connectivity index (χ3n) is 4.89. The Balaban J connectivity index is 3.40. The highest BCUT2D eigenvalue weighted by molar-refractivity contribution is 5.63. The number of benzene rings is 1. The van der Waals surface area contributed by atoms with Gasteiger partial charge in [0, 0.05) is 36.5 Å². The molecule has 0 aliphatic carbocycles. The van der Waals surface area contributed by atoms with Crippen LogP contribution in [0.25, 0.3) is 0 Å². The summed E-state index contributed by atoms with van der Waals surface area (Å²) in [5, 5.41) is 0. The zero-order valence-corrected chi connectivity index (χ0v) is 16.4. The van der Waals surface area contributed by atoms with Gasteiger partial charge >= 0.3 is 0 Å². The molecule has 0 radical (unpaired) electrons. The molecular formula is C20H36N2. The quantitative estimate of drug-likeness (QED) is 0.707. The maximum absolute atomic E-state index is 2.37. The van der Waals surface area contributed by atoms with Crippen LogP contribution >= 0.6 is 0 Å². The molecular weight excluding hydrogens is 268 g/mol. The SMILES string of the molecule is CCC(C)c1cc(N(C)C(C)(C)C)cc(N(C)C(C)(C)C)c1. The Bertz CT molecular complexity index is 453. The molecule has 1 aromatic carbocycles. The molecule has 0 fully saturated rings. The fourth-order valence-electron chi connectivity index (χ4n) is 2.30. The van der Waals surface area contributed by atoms with Gasteiger partial charge in [0.2, 0.25) is 0 Å². The first kappa shape index (κ1) is 18.9. The molecule has 0 N–H and O–H groups in total. The summed E-state index contributed by atoms with van der Waals surface area (Å²) in [5.41, 5.74) is 4.27. The van der Waals surface area contributed by atoms with Crippen LogP contribution < -0.4 is 9.80 Å². The van der Waals surface area contributed by atoms with Crippen molar-refractivity contribution in [3.63, 3.8) is 0 Å². The Kier molecular flexibility index (Phi) is 5.59. The molecule has 1 unspecified atom stereocenters. The van der Waals surface area contributed by atoms with E-state index in [-0.39, 0.29) is 11.1 Å². The van der Waals surface area contributed by atoms with E-state index in [0.29, 0.717) is 5.92 Å². The number of hydrogen-bond donors (Lipinski definition) is 0. The minimum atomic E-state index is 0.117. The molecule has 22 heavy (non-hydrogen) atoms. The number of nitrogens with zero attached hydrogens (tertiary/aromatic N) is 2. The first-order valence-electron chi connectivity index (χ1n) is 8.50. The van der Waals surface area contributed by atoms with Gasteiger partial charge in [0.15, 0.2) is 0 Å². The second kappa shape index (κ2) is 6.52. The van der Waals surface area contributed by atoms with Crippen LogP contribution in [0.3, 0.4) is 0 Å². The van der Waals surface area contributed by atoms with Gasteiger partial charge in [-0.05, 0) is 77.6 Å². The molecule has 2 heteroatoms. The van der Waals surface area contributed by atoms with Crippen molar-refractivity contribution >= 4 is 11.4 Å². The molecule has 0 saturated carbocycles. The molecule has 0 bridgehead atoms. The highest BCUT2D eigenvalue weighted by atomic mass is 15.2. The summed E-state index contributed by atoms with van der Waals surface area (Å²) in [4.78, 5) is 4.75. The van der Waals surface area contributed by atoms with Gasteiger partial charge in [0.05, 0.1) is 0 Å². The predicted octanol–water partition coefficient (Wildman–Crippen LogP) is 5.67. The maximum atomic E-state index is 2.37. The Labute approximate surface area is 138 Å². The van der Waals surface area contributed by atoms with E-state index in [2.05, 4.69) is 97.5 Å². The second-order valence-corrected chi connectivity index (χ2v) is 8.55. The van der Waals surface area contributed by atoms with E-state index in [1.165, 1.54) is 23.4 Å². The van der Waals surface area contributed by atoms with E-state index >= 15 is 0 Å². The topological polar surface area (TPSA) is 6.48 Å². The third-order valence-corrected chi connectivity index (χ3v) is 4.89. The summed E-state index contributed by atoms with van der Waals surface area (Å²) in [5.74, 6) is 0.584. The fraction of sp³-hybridized carbons (Fsp3) is 0.700. The first-order chi connectivity index (χ1) is 9.87. The van der Waals surface area contributed by atoms with Crippen molar-refractivity contribution in [1.82, 2.24) is 0 Å². The van der Waals surface area contributed by atoms with Crippen molar-refractivity contribution in [1.29, 1.82) is 0 Å². The van der Waals surface area contributed by atoms with Crippen molar-refractivity contribution < 1.29 is 0 Å². The Morgan fingerprint density at radius 1 is 0.818 bits per heavy atom. The monoisotopic (exact) mass is 304 g/mol. The third kappa shape index (κ3) is 4.41. The molecule has 0 saturated heterocycles. The van der Waals surface area contributed by atoms with Crippen LogP contribution in [0, 0.1) is 0 Å². The van der Waals surface area contributed by atoms with Crippen LogP contribution in [-0.4, -0.2) is 25.2 Å². The summed E-state index contributed by atoms with van der Waals surface area (Å²) in [6.07, 6.45) is 1.17. The van der Waals surface area contributed by atoms with E-state index in [0.717, 1.165) is 0 Å². The molecule has 0 aliphatic rings. The van der Waals surface area contributed by atoms with Gasteiger partial charge in [-0.1, -0.05) is 13.8 Å². The standard InChI is InChI=1S/C20H36N2/c1-11-15(2)16-12-17(21(9)19(3,4)5)14-18(13-16)22(10)20(6,7)8/h12-15H,11H2,1-10H3. The lowest BCUT2D eigenvalue weighted by Gasteiger charge is -2.38. The van der Waals surface area contributed by atoms with Crippen LogP contribution in [0.2, 0.25) is 0 Å². The van der Waals surface area contributed by atoms with Crippen molar-refractivity contribution in [3.05, 3.63) is 23.8 Å². The molecule has 0 heterocycles. The summed E-state index contributed by atoms with van der Waals surface area (Å²) >= 11 is 0. The van der Waals surface area contributed by atoms with E-state index in [9.17, 15) is 0 Å². The van der Waals surface area contributed by atoms with Crippen LogP contribution in [0.5, 0.6) is 0 Å². The van der Waals surface area contributed by atoms with Crippen molar-refractivity contribution in [2.75, 3.05) is 23.9 Å². The van der Waals surface area contributed by atoms with Gasteiger partial charge in [-0.25, -0.2) is 0 Å². The molecule has 0 spiro atoms. The Morgan fingerprint density at radius 2 is 1.18 bits per heavy atom. The van der Waals surface area contributed by atoms with E-state index in [1.54, 1.807) is 0 Å². The number of rotatable bonds is 4. The van der Waals surface area contributed by atoms with Crippen LogP contribution in [0.4, 0.5) is 11.4 Å². The zero-order chi connectivity index (χ0) is 17.3. The minimum absolute atomic E-state index is 0.117. The average Bonchev–Trinajstić information content (AvgIpc) is 2.42. The lowest BCUT2D eigenvalue weighted by molar-refractivity contribution is 0.533. The van der Waals surface area contributed by atoms with Crippen LogP contribution in [0.1, 0.15) is 73.3 Å². The second-order valence-electron chi connectivity index (χ2n) is 8.55. The van der Waals surface area contributed by atoms with Gasteiger partial charge < -0.3 is 9.80 Å². The molecule has 1 rings (SSSR count). The number of hydrogen-bond acceptors (Lipinski definition) is 2. The molecule has 126 valence electrons. The fourth-order valence-corrected chi connectivity index (χ4v) is 2.30. The minimum Gasteiger partial charge on any atom is -0.370 e. The Morgan fingerprint density at radius 3 is 1.45 bits per heavy atom. The largest absolute Gasteiger partial charge is 0.370 e. The van der Waals surface area contributed by atoms with Gasteiger partial charge in [-0.2, -0.15) is 0 Å². The normalized spacial score (nSPS) is 13.9. The molecule has 1 aromatic rings. The Hall–Kier alpha value is -1.18. The summed E-state index contributed by atoms with van der Waals surface area (Å²) < 4.78 is 0. The average molecular weight is 305 g/mol. The lowest BCUT2D eigenvalue weighted by Crippen LogP contribution is -2.40. The summed E-state index contributed by atoms with van der Waals surface area (Å²) in [6.45, 7) is 18.1. The van der Waals surface area contributed by atoms with Crippen molar-refractivity contribution in [3.8, 4) is 0 Å². The lowest BCUT2D eigenvalue weighted by atomic mass is 9.95. The molecule has 2 nitrogen and oxygen atoms in total. The van der Waals surface area contributed by atoms with Crippen molar-refractivity contribution in [2.45, 2.75) is 78.8 Å². The first-order valence-corrected chi connectivity index (χ1v) is 8.50. The number of anilines is 2.